The number of hydrogen-bond donors (Lipinski definition) is 1. The molecular formula is C16H25NO2. The van der Waals surface area contributed by atoms with Gasteiger partial charge in [0.15, 0.2) is 0 Å². The molecule has 0 aliphatic carbocycles. The third-order valence-electron chi connectivity index (χ3n) is 4.27. The lowest BCUT2D eigenvalue weighted by Gasteiger charge is -2.37. The molecule has 1 N–H and O–H groups in total. The van der Waals surface area contributed by atoms with E-state index in [9.17, 15) is 5.11 Å². The molecule has 1 fully saturated rings. The van der Waals surface area contributed by atoms with Crippen LogP contribution in [0.25, 0.3) is 0 Å². The first-order valence-corrected chi connectivity index (χ1v) is 7.23. The minimum atomic E-state index is -0.467. The third-order valence-corrected chi connectivity index (χ3v) is 4.27. The van der Waals surface area contributed by atoms with E-state index in [0.717, 1.165) is 51.1 Å². The SMILES string of the molecule is CCN1CCC(O)(CCc2ccc(OC)cc2)CC1. The van der Waals surface area contributed by atoms with Crippen molar-refractivity contribution in [1.29, 1.82) is 0 Å². The number of hydrogen-bond acceptors (Lipinski definition) is 3. The monoisotopic (exact) mass is 263 g/mol. The van der Waals surface area contributed by atoms with Crippen LogP contribution in [-0.4, -0.2) is 42.4 Å². The predicted molar refractivity (Wildman–Crippen MR) is 77.6 cm³/mol. The average Bonchev–Trinajstić information content (AvgIpc) is 2.47. The van der Waals surface area contributed by atoms with Gasteiger partial charge in [0.05, 0.1) is 12.7 Å². The molecule has 1 aliphatic heterocycles. The highest BCUT2D eigenvalue weighted by molar-refractivity contribution is 5.27. The van der Waals surface area contributed by atoms with E-state index in [1.807, 2.05) is 12.1 Å². The quantitative estimate of drug-likeness (QED) is 0.886. The highest BCUT2D eigenvalue weighted by Gasteiger charge is 2.31. The maximum absolute atomic E-state index is 10.6. The topological polar surface area (TPSA) is 32.7 Å². The molecule has 0 spiro atoms. The minimum Gasteiger partial charge on any atom is -0.497 e. The Bertz CT molecular complexity index is 380. The van der Waals surface area contributed by atoms with Gasteiger partial charge in [-0.1, -0.05) is 19.1 Å². The van der Waals surface area contributed by atoms with E-state index in [4.69, 9.17) is 4.74 Å². The van der Waals surface area contributed by atoms with Crippen molar-refractivity contribution < 1.29 is 9.84 Å². The Morgan fingerprint density at radius 1 is 1.21 bits per heavy atom. The van der Waals surface area contributed by atoms with Crippen molar-refractivity contribution in [3.05, 3.63) is 29.8 Å². The molecule has 2 rings (SSSR count). The summed E-state index contributed by atoms with van der Waals surface area (Å²) in [5.74, 6) is 0.888. The van der Waals surface area contributed by atoms with Gasteiger partial charge in [0, 0.05) is 13.1 Å². The number of rotatable bonds is 5. The van der Waals surface area contributed by atoms with Crippen LogP contribution in [0.15, 0.2) is 24.3 Å². The lowest BCUT2D eigenvalue weighted by molar-refractivity contribution is -0.0261. The van der Waals surface area contributed by atoms with Gasteiger partial charge in [0.1, 0.15) is 5.75 Å². The second-order valence-electron chi connectivity index (χ2n) is 5.51. The van der Waals surface area contributed by atoms with Crippen LogP contribution in [0.3, 0.4) is 0 Å². The zero-order valence-corrected chi connectivity index (χ0v) is 12.1. The van der Waals surface area contributed by atoms with E-state index in [1.54, 1.807) is 7.11 Å². The van der Waals surface area contributed by atoms with E-state index >= 15 is 0 Å². The zero-order valence-electron chi connectivity index (χ0n) is 12.1. The smallest absolute Gasteiger partial charge is 0.118 e. The molecule has 0 aromatic heterocycles. The summed E-state index contributed by atoms with van der Waals surface area (Å²) in [5.41, 5.74) is 0.804. The molecular weight excluding hydrogens is 238 g/mol. The second-order valence-corrected chi connectivity index (χ2v) is 5.51. The van der Waals surface area contributed by atoms with E-state index in [-0.39, 0.29) is 0 Å². The Hall–Kier alpha value is -1.06. The molecule has 3 heteroatoms. The van der Waals surface area contributed by atoms with Crippen LogP contribution in [0.5, 0.6) is 5.75 Å². The van der Waals surface area contributed by atoms with Gasteiger partial charge < -0.3 is 14.7 Å². The van der Waals surface area contributed by atoms with Crippen LogP contribution in [-0.2, 0) is 6.42 Å². The van der Waals surface area contributed by atoms with Crippen LogP contribution in [0.2, 0.25) is 0 Å². The first-order valence-electron chi connectivity index (χ1n) is 7.23. The van der Waals surface area contributed by atoms with Crippen LogP contribution >= 0.6 is 0 Å². The third kappa shape index (κ3) is 3.95. The minimum absolute atomic E-state index is 0.467. The molecule has 1 aliphatic rings. The first kappa shape index (κ1) is 14.4. The highest BCUT2D eigenvalue weighted by atomic mass is 16.5. The molecule has 106 valence electrons. The summed E-state index contributed by atoms with van der Waals surface area (Å²) < 4.78 is 5.15. The standard InChI is InChI=1S/C16H25NO2/c1-3-17-12-10-16(18,11-13-17)9-8-14-4-6-15(19-2)7-5-14/h4-7,18H,3,8-13H2,1-2H3. The van der Waals surface area contributed by atoms with E-state index in [1.165, 1.54) is 5.56 Å². The molecule has 0 unspecified atom stereocenters. The fourth-order valence-corrected chi connectivity index (χ4v) is 2.70. The van der Waals surface area contributed by atoms with Gasteiger partial charge in [0.25, 0.3) is 0 Å². The van der Waals surface area contributed by atoms with Crippen molar-refractivity contribution in [2.24, 2.45) is 0 Å². The predicted octanol–water partition coefficient (Wildman–Crippen LogP) is 2.47. The Balaban J connectivity index is 1.84. The van der Waals surface area contributed by atoms with Gasteiger partial charge in [-0.05, 0) is 49.9 Å². The Labute approximate surface area is 116 Å². The summed E-state index contributed by atoms with van der Waals surface area (Å²) in [5, 5.41) is 10.6. The Morgan fingerprint density at radius 3 is 2.37 bits per heavy atom. The second kappa shape index (κ2) is 6.40. The van der Waals surface area contributed by atoms with Crippen molar-refractivity contribution in [2.75, 3.05) is 26.7 Å². The summed E-state index contributed by atoms with van der Waals surface area (Å²) >= 11 is 0. The fourth-order valence-electron chi connectivity index (χ4n) is 2.70. The number of nitrogens with zero attached hydrogens (tertiary/aromatic N) is 1. The van der Waals surface area contributed by atoms with Crippen LogP contribution in [0.1, 0.15) is 31.7 Å². The summed E-state index contributed by atoms with van der Waals surface area (Å²) in [6.07, 6.45) is 3.59. The summed E-state index contributed by atoms with van der Waals surface area (Å²) in [7, 11) is 1.68. The molecule has 1 aromatic carbocycles. The van der Waals surface area contributed by atoms with Gasteiger partial charge >= 0.3 is 0 Å². The molecule has 1 heterocycles. The number of methoxy groups -OCH3 is 1. The maximum Gasteiger partial charge on any atom is 0.118 e. The molecule has 0 saturated carbocycles. The number of benzene rings is 1. The Morgan fingerprint density at radius 2 is 1.84 bits per heavy atom. The van der Waals surface area contributed by atoms with Crippen molar-refractivity contribution >= 4 is 0 Å². The molecule has 0 radical (unpaired) electrons. The van der Waals surface area contributed by atoms with Gasteiger partial charge in [-0.2, -0.15) is 0 Å². The van der Waals surface area contributed by atoms with Crippen molar-refractivity contribution in [2.45, 2.75) is 38.2 Å². The molecule has 0 amide bonds. The van der Waals surface area contributed by atoms with Gasteiger partial charge in [-0.15, -0.1) is 0 Å². The van der Waals surface area contributed by atoms with Crippen molar-refractivity contribution in [1.82, 2.24) is 4.90 Å². The lowest BCUT2D eigenvalue weighted by Crippen LogP contribution is -2.44. The fraction of sp³-hybridized carbons (Fsp3) is 0.625. The summed E-state index contributed by atoms with van der Waals surface area (Å²) in [6, 6.07) is 8.14. The van der Waals surface area contributed by atoms with Gasteiger partial charge in [-0.25, -0.2) is 0 Å². The molecule has 1 aromatic rings. The molecule has 3 nitrogen and oxygen atoms in total. The lowest BCUT2D eigenvalue weighted by atomic mass is 9.86. The number of ether oxygens (including phenoxy) is 1. The van der Waals surface area contributed by atoms with Crippen LogP contribution < -0.4 is 4.74 Å². The summed E-state index contributed by atoms with van der Waals surface area (Å²) in [6.45, 7) is 5.32. The van der Waals surface area contributed by atoms with Crippen LogP contribution in [0, 0.1) is 0 Å². The number of likely N-dealkylation sites (tertiary alicyclic amines) is 1. The molecule has 0 bridgehead atoms. The number of aryl methyl sites for hydroxylation is 1. The normalized spacial score (nSPS) is 19.3. The number of piperidine rings is 1. The van der Waals surface area contributed by atoms with E-state index in [2.05, 4.69) is 24.0 Å². The summed E-state index contributed by atoms with van der Waals surface area (Å²) in [4.78, 5) is 2.40. The van der Waals surface area contributed by atoms with Crippen molar-refractivity contribution in [3.63, 3.8) is 0 Å². The van der Waals surface area contributed by atoms with Gasteiger partial charge in [0.2, 0.25) is 0 Å². The molecule has 19 heavy (non-hydrogen) atoms. The average molecular weight is 263 g/mol. The van der Waals surface area contributed by atoms with E-state index in [0.29, 0.717) is 0 Å². The van der Waals surface area contributed by atoms with Crippen LogP contribution in [0.4, 0.5) is 0 Å². The Kier molecular flexibility index (Phi) is 4.83. The molecule has 0 atom stereocenters. The van der Waals surface area contributed by atoms with Gasteiger partial charge in [-0.3, -0.25) is 0 Å². The first-order chi connectivity index (χ1) is 9.15. The number of aliphatic hydroxyl groups is 1. The molecule has 1 saturated heterocycles. The van der Waals surface area contributed by atoms with E-state index < -0.39 is 5.60 Å². The largest absolute Gasteiger partial charge is 0.497 e. The maximum atomic E-state index is 10.6. The highest BCUT2D eigenvalue weighted by Crippen LogP contribution is 2.27. The zero-order chi connectivity index (χ0) is 13.7. The van der Waals surface area contributed by atoms with Crippen molar-refractivity contribution in [3.8, 4) is 5.75 Å².